The highest BCUT2D eigenvalue weighted by molar-refractivity contribution is 5.92. The number of phenolic OH excluding ortho intramolecular Hbond substituents is 1. The number of aryl methyl sites for hydroxylation is 1. The lowest BCUT2D eigenvalue weighted by Gasteiger charge is -2.35. The van der Waals surface area contributed by atoms with Crippen LogP contribution in [0.3, 0.4) is 0 Å². The number of amides is 1. The molecule has 0 unspecified atom stereocenters. The van der Waals surface area contributed by atoms with Crippen LogP contribution in [0.15, 0.2) is 42.5 Å². The maximum Gasteiger partial charge on any atom is 0.410 e. The van der Waals surface area contributed by atoms with Crippen LogP contribution in [0.4, 0.5) is 10.6 Å². The minimum atomic E-state index is -0.279. The van der Waals surface area contributed by atoms with Crippen molar-refractivity contribution >= 4 is 22.8 Å². The Bertz CT molecular complexity index is 1140. The molecule has 1 amide bonds. The highest BCUT2D eigenvalue weighted by Gasteiger charge is 2.28. The minimum absolute atomic E-state index is 0.143. The Morgan fingerprint density at radius 3 is 2.69 bits per heavy atom. The molecule has 32 heavy (non-hydrogen) atoms. The van der Waals surface area contributed by atoms with Crippen LogP contribution >= 0.6 is 0 Å². The Balaban J connectivity index is 1.41. The van der Waals surface area contributed by atoms with E-state index >= 15 is 0 Å². The van der Waals surface area contributed by atoms with Gasteiger partial charge in [-0.15, -0.1) is 0 Å². The van der Waals surface area contributed by atoms with Gasteiger partial charge in [-0.25, -0.2) is 14.8 Å². The van der Waals surface area contributed by atoms with Crippen LogP contribution in [0.5, 0.6) is 5.75 Å². The van der Waals surface area contributed by atoms with E-state index in [4.69, 9.17) is 19.4 Å². The van der Waals surface area contributed by atoms with Crippen molar-refractivity contribution < 1.29 is 19.4 Å². The van der Waals surface area contributed by atoms with Crippen LogP contribution in [0.25, 0.3) is 22.3 Å². The van der Waals surface area contributed by atoms with E-state index in [9.17, 15) is 9.90 Å². The summed E-state index contributed by atoms with van der Waals surface area (Å²) in [4.78, 5) is 26.0. The maximum atomic E-state index is 12.5. The number of carbonyl (C=O) groups is 1. The Kier molecular flexibility index (Phi) is 5.53. The Labute approximate surface area is 186 Å². The van der Waals surface area contributed by atoms with Gasteiger partial charge in [-0.1, -0.05) is 18.2 Å². The molecular formula is C24H26N4O4. The van der Waals surface area contributed by atoms with Gasteiger partial charge in [0.05, 0.1) is 24.3 Å². The van der Waals surface area contributed by atoms with Crippen LogP contribution in [-0.2, 0) is 9.47 Å². The molecule has 2 saturated heterocycles. The van der Waals surface area contributed by atoms with Crippen molar-refractivity contribution in [3.8, 4) is 17.1 Å². The van der Waals surface area contributed by atoms with E-state index in [-0.39, 0.29) is 17.9 Å². The Morgan fingerprint density at radius 2 is 1.94 bits per heavy atom. The number of para-hydroxylation sites is 1. The van der Waals surface area contributed by atoms with Gasteiger partial charge in [0.15, 0.2) is 5.82 Å². The number of fused-ring (bicyclic) bond motifs is 1. The number of rotatable bonds is 3. The molecule has 0 saturated carbocycles. The highest BCUT2D eigenvalue weighted by Crippen LogP contribution is 2.32. The van der Waals surface area contributed by atoms with Crippen LogP contribution in [0, 0.1) is 6.92 Å². The van der Waals surface area contributed by atoms with Gasteiger partial charge in [0.2, 0.25) is 0 Å². The summed E-state index contributed by atoms with van der Waals surface area (Å²) in [6.45, 7) is 5.53. The SMILES string of the molecule is Cc1ccc2c(N3CCN(C(=O)O[C@@H]4CCOC4)CC3)nc(-c3ccccc3O)nc2c1. The van der Waals surface area contributed by atoms with Crippen molar-refractivity contribution in [2.45, 2.75) is 19.4 Å². The highest BCUT2D eigenvalue weighted by atomic mass is 16.6. The zero-order valence-electron chi connectivity index (χ0n) is 18.0. The van der Waals surface area contributed by atoms with Crippen LogP contribution in [-0.4, -0.2) is 71.6 Å². The molecule has 3 heterocycles. The number of hydrogen-bond donors (Lipinski definition) is 1. The molecule has 1 N–H and O–H groups in total. The van der Waals surface area contributed by atoms with Gasteiger partial charge >= 0.3 is 6.09 Å². The summed E-state index contributed by atoms with van der Waals surface area (Å²) in [5.41, 5.74) is 2.53. The molecule has 1 aromatic heterocycles. The molecule has 0 bridgehead atoms. The lowest BCUT2D eigenvalue weighted by Crippen LogP contribution is -2.49. The zero-order valence-corrected chi connectivity index (χ0v) is 18.0. The molecule has 0 spiro atoms. The van der Waals surface area contributed by atoms with Crippen molar-refractivity contribution in [1.29, 1.82) is 0 Å². The molecule has 2 aliphatic heterocycles. The van der Waals surface area contributed by atoms with E-state index in [1.165, 1.54) is 0 Å². The summed E-state index contributed by atoms with van der Waals surface area (Å²) in [5, 5.41) is 11.3. The van der Waals surface area contributed by atoms with E-state index in [0.29, 0.717) is 50.8 Å². The summed E-state index contributed by atoms with van der Waals surface area (Å²) >= 11 is 0. The van der Waals surface area contributed by atoms with E-state index in [0.717, 1.165) is 28.7 Å². The molecule has 2 aliphatic rings. The number of hydrogen-bond acceptors (Lipinski definition) is 7. The van der Waals surface area contributed by atoms with E-state index in [1.54, 1.807) is 17.0 Å². The summed E-state index contributed by atoms with van der Waals surface area (Å²) in [6, 6.07) is 13.2. The number of benzene rings is 2. The fraction of sp³-hybridized carbons (Fsp3) is 0.375. The number of ether oxygens (including phenoxy) is 2. The average Bonchev–Trinajstić information content (AvgIpc) is 3.31. The second-order valence-electron chi connectivity index (χ2n) is 8.25. The first-order valence-corrected chi connectivity index (χ1v) is 10.9. The quantitative estimate of drug-likeness (QED) is 0.676. The van der Waals surface area contributed by atoms with E-state index < -0.39 is 0 Å². The fourth-order valence-corrected chi connectivity index (χ4v) is 4.17. The number of nitrogens with zero attached hydrogens (tertiary/aromatic N) is 4. The monoisotopic (exact) mass is 434 g/mol. The normalized spacial score (nSPS) is 18.8. The van der Waals surface area contributed by atoms with Gasteiger partial charge in [-0.05, 0) is 36.8 Å². The third kappa shape index (κ3) is 4.05. The predicted octanol–water partition coefficient (Wildman–Crippen LogP) is 3.36. The summed E-state index contributed by atoms with van der Waals surface area (Å²) in [5.74, 6) is 1.44. The van der Waals surface area contributed by atoms with Gasteiger partial charge in [0.25, 0.3) is 0 Å². The lowest BCUT2D eigenvalue weighted by atomic mass is 10.1. The maximum absolute atomic E-state index is 12.5. The third-order valence-electron chi connectivity index (χ3n) is 5.97. The molecule has 3 aromatic rings. The van der Waals surface area contributed by atoms with Crippen LogP contribution in [0.2, 0.25) is 0 Å². The molecule has 0 aliphatic carbocycles. The zero-order chi connectivity index (χ0) is 22.1. The number of phenols is 1. The topological polar surface area (TPSA) is 88.0 Å². The van der Waals surface area contributed by atoms with Gasteiger partial charge in [-0.3, -0.25) is 0 Å². The lowest BCUT2D eigenvalue weighted by molar-refractivity contribution is 0.0534. The van der Waals surface area contributed by atoms with E-state index in [1.807, 2.05) is 37.3 Å². The molecular weight excluding hydrogens is 408 g/mol. The number of aromatic hydroxyl groups is 1. The fourth-order valence-electron chi connectivity index (χ4n) is 4.17. The molecule has 2 aromatic carbocycles. The second-order valence-corrected chi connectivity index (χ2v) is 8.25. The van der Waals surface area contributed by atoms with Crippen molar-refractivity contribution in [2.24, 2.45) is 0 Å². The van der Waals surface area contributed by atoms with Gasteiger partial charge < -0.3 is 24.4 Å². The molecule has 2 fully saturated rings. The summed E-state index contributed by atoms with van der Waals surface area (Å²) in [6.07, 6.45) is 0.335. The van der Waals surface area contributed by atoms with Crippen LogP contribution in [0.1, 0.15) is 12.0 Å². The molecule has 1 atom stereocenters. The standard InChI is InChI=1S/C24H26N4O4/c1-16-6-7-18-20(14-16)25-22(19-4-2-3-5-21(19)29)26-23(18)27-9-11-28(12-10-27)24(30)32-17-8-13-31-15-17/h2-7,14,17,29H,8-13,15H2,1H3/t17-/m1/s1. The number of aromatic nitrogens is 2. The predicted molar refractivity (Wildman–Crippen MR) is 121 cm³/mol. The first kappa shape index (κ1) is 20.5. The largest absolute Gasteiger partial charge is 0.507 e. The molecule has 8 heteroatoms. The Hall–Kier alpha value is -3.39. The van der Waals surface area contributed by atoms with E-state index in [2.05, 4.69) is 4.90 Å². The first-order valence-electron chi connectivity index (χ1n) is 10.9. The molecule has 0 radical (unpaired) electrons. The first-order chi connectivity index (χ1) is 15.6. The minimum Gasteiger partial charge on any atom is -0.507 e. The smallest absolute Gasteiger partial charge is 0.410 e. The van der Waals surface area contributed by atoms with Crippen LogP contribution < -0.4 is 4.90 Å². The number of carbonyl (C=O) groups excluding carboxylic acids is 1. The Morgan fingerprint density at radius 1 is 1.12 bits per heavy atom. The van der Waals surface area contributed by atoms with Gasteiger partial charge in [0, 0.05) is 38.0 Å². The van der Waals surface area contributed by atoms with Crippen molar-refractivity contribution in [2.75, 3.05) is 44.3 Å². The van der Waals surface area contributed by atoms with Crippen molar-refractivity contribution in [1.82, 2.24) is 14.9 Å². The van der Waals surface area contributed by atoms with Gasteiger partial charge in [-0.2, -0.15) is 0 Å². The molecule has 8 nitrogen and oxygen atoms in total. The second kappa shape index (κ2) is 8.63. The average molecular weight is 434 g/mol. The van der Waals surface area contributed by atoms with Crippen molar-refractivity contribution in [3.63, 3.8) is 0 Å². The van der Waals surface area contributed by atoms with Gasteiger partial charge in [0.1, 0.15) is 17.7 Å². The summed E-state index contributed by atoms with van der Waals surface area (Å²) < 4.78 is 10.8. The van der Waals surface area contributed by atoms with Crippen molar-refractivity contribution in [3.05, 3.63) is 48.0 Å². The number of anilines is 1. The number of piperazine rings is 1. The summed E-state index contributed by atoms with van der Waals surface area (Å²) in [7, 11) is 0. The molecule has 166 valence electrons. The third-order valence-corrected chi connectivity index (χ3v) is 5.97. The molecule has 5 rings (SSSR count).